The van der Waals surface area contributed by atoms with E-state index >= 15 is 0 Å². The Morgan fingerprint density at radius 3 is 2.88 bits per heavy atom. The lowest BCUT2D eigenvalue weighted by molar-refractivity contribution is 0.411. The Balaban J connectivity index is 2.18. The molecule has 0 amide bonds. The average Bonchev–Trinajstić information content (AvgIpc) is 2.77. The van der Waals surface area contributed by atoms with Crippen LogP contribution in [0.4, 0.5) is 20.2 Å². The van der Waals surface area contributed by atoms with Gasteiger partial charge in [-0.05, 0) is 12.1 Å². The molecule has 0 bridgehead atoms. The van der Waals surface area contributed by atoms with Gasteiger partial charge in [0.25, 0.3) is 0 Å². The van der Waals surface area contributed by atoms with Crippen LogP contribution in [0.25, 0.3) is 0 Å². The second kappa shape index (κ2) is 4.13. The number of hydrogen-bond donors (Lipinski definition) is 2. The van der Waals surface area contributed by atoms with E-state index in [9.17, 15) is 8.78 Å². The molecule has 0 aliphatic heterocycles. The van der Waals surface area contributed by atoms with Gasteiger partial charge in [-0.15, -0.1) is 0 Å². The van der Waals surface area contributed by atoms with Crippen molar-refractivity contribution in [3.8, 4) is 0 Å². The van der Waals surface area contributed by atoms with Gasteiger partial charge in [-0.2, -0.15) is 4.98 Å². The van der Waals surface area contributed by atoms with Crippen molar-refractivity contribution < 1.29 is 13.3 Å². The van der Waals surface area contributed by atoms with E-state index in [2.05, 4.69) is 20.0 Å². The molecular formula is C9H8F2N4O. The quantitative estimate of drug-likeness (QED) is 0.776. The van der Waals surface area contributed by atoms with E-state index < -0.39 is 11.6 Å². The summed E-state index contributed by atoms with van der Waals surface area (Å²) in [7, 11) is 0. The molecule has 0 saturated heterocycles. The van der Waals surface area contributed by atoms with Gasteiger partial charge < -0.3 is 15.6 Å². The second-order valence-electron chi connectivity index (χ2n) is 3.03. The highest BCUT2D eigenvalue weighted by atomic mass is 19.2. The number of nitrogens with two attached hydrogens (primary N) is 1. The largest absolute Gasteiger partial charge is 0.397 e. The maximum atomic E-state index is 13.3. The van der Waals surface area contributed by atoms with Gasteiger partial charge in [0.1, 0.15) is 0 Å². The fourth-order valence-corrected chi connectivity index (χ4v) is 1.18. The van der Waals surface area contributed by atoms with E-state index in [1.165, 1.54) is 6.07 Å². The molecule has 5 nitrogen and oxygen atoms in total. The van der Waals surface area contributed by atoms with E-state index in [1.54, 1.807) is 0 Å². The minimum atomic E-state index is -1.02. The van der Waals surface area contributed by atoms with Gasteiger partial charge in [0.15, 0.2) is 17.5 Å². The number of anilines is 2. The van der Waals surface area contributed by atoms with E-state index in [0.29, 0.717) is 5.82 Å². The molecule has 2 rings (SSSR count). The Morgan fingerprint density at radius 1 is 1.38 bits per heavy atom. The van der Waals surface area contributed by atoms with Crippen molar-refractivity contribution in [2.45, 2.75) is 6.54 Å². The molecule has 1 aromatic carbocycles. The summed E-state index contributed by atoms with van der Waals surface area (Å²) < 4.78 is 30.7. The number of rotatable bonds is 3. The van der Waals surface area contributed by atoms with Crippen LogP contribution in [-0.4, -0.2) is 10.1 Å². The van der Waals surface area contributed by atoms with Crippen LogP contribution in [0.1, 0.15) is 5.82 Å². The Hall–Kier alpha value is -2.18. The molecule has 0 aliphatic rings. The molecule has 0 atom stereocenters. The fourth-order valence-electron chi connectivity index (χ4n) is 1.18. The van der Waals surface area contributed by atoms with Crippen LogP contribution in [0.15, 0.2) is 23.0 Å². The molecule has 1 aromatic heterocycles. The third kappa shape index (κ3) is 1.92. The van der Waals surface area contributed by atoms with Gasteiger partial charge in [0.2, 0.25) is 6.39 Å². The maximum Gasteiger partial charge on any atom is 0.213 e. The molecule has 0 saturated carbocycles. The summed E-state index contributed by atoms with van der Waals surface area (Å²) in [6.45, 7) is 0.0983. The van der Waals surface area contributed by atoms with Gasteiger partial charge in [-0.25, -0.2) is 8.78 Å². The lowest BCUT2D eigenvalue weighted by atomic mass is 10.2. The summed E-state index contributed by atoms with van der Waals surface area (Å²) in [4.78, 5) is 3.72. The van der Waals surface area contributed by atoms with Crippen LogP contribution in [0.2, 0.25) is 0 Å². The van der Waals surface area contributed by atoms with E-state index in [0.717, 1.165) is 12.5 Å². The third-order valence-corrected chi connectivity index (χ3v) is 1.96. The van der Waals surface area contributed by atoms with Crippen molar-refractivity contribution in [1.29, 1.82) is 0 Å². The summed E-state index contributed by atoms with van der Waals surface area (Å²) in [6, 6.07) is 2.24. The average molecular weight is 226 g/mol. The predicted octanol–water partition coefficient (Wildman–Crippen LogP) is 1.54. The molecule has 0 unspecified atom stereocenters. The van der Waals surface area contributed by atoms with Crippen LogP contribution in [0.5, 0.6) is 0 Å². The van der Waals surface area contributed by atoms with Gasteiger partial charge in [-0.1, -0.05) is 5.16 Å². The minimum absolute atomic E-state index is 0.0983. The minimum Gasteiger partial charge on any atom is -0.397 e. The SMILES string of the molecule is Nc1ccc(F)c(F)c1NCc1ncon1. The summed E-state index contributed by atoms with van der Waals surface area (Å²) >= 11 is 0. The molecule has 0 fully saturated rings. The fraction of sp³-hybridized carbons (Fsp3) is 0.111. The lowest BCUT2D eigenvalue weighted by Gasteiger charge is -2.08. The number of nitrogens with zero attached hydrogens (tertiary/aromatic N) is 2. The highest BCUT2D eigenvalue weighted by Gasteiger charge is 2.12. The predicted molar refractivity (Wildman–Crippen MR) is 52.4 cm³/mol. The number of hydrogen-bond acceptors (Lipinski definition) is 5. The molecule has 0 aliphatic carbocycles. The molecular weight excluding hydrogens is 218 g/mol. The monoisotopic (exact) mass is 226 g/mol. The highest BCUT2D eigenvalue weighted by molar-refractivity contribution is 5.66. The van der Waals surface area contributed by atoms with Gasteiger partial charge in [-0.3, -0.25) is 0 Å². The first-order valence-electron chi connectivity index (χ1n) is 4.41. The third-order valence-electron chi connectivity index (χ3n) is 1.96. The number of nitrogen functional groups attached to an aromatic ring is 1. The zero-order valence-electron chi connectivity index (χ0n) is 8.08. The standard InChI is InChI=1S/C9H8F2N4O/c10-5-1-2-6(12)9(8(5)11)13-3-7-14-4-16-15-7/h1-2,4,13H,3,12H2. The molecule has 2 aromatic rings. The zero-order valence-corrected chi connectivity index (χ0v) is 8.08. The molecule has 84 valence electrons. The summed E-state index contributed by atoms with van der Waals surface area (Å²) in [5.41, 5.74) is 5.50. The molecule has 7 heteroatoms. The van der Waals surface area contributed by atoms with Crippen LogP contribution >= 0.6 is 0 Å². The molecule has 0 radical (unpaired) electrons. The normalized spacial score (nSPS) is 10.4. The van der Waals surface area contributed by atoms with Crippen LogP contribution < -0.4 is 11.1 Å². The van der Waals surface area contributed by atoms with Crippen molar-refractivity contribution in [1.82, 2.24) is 10.1 Å². The molecule has 1 heterocycles. The molecule has 3 N–H and O–H groups in total. The van der Waals surface area contributed by atoms with Gasteiger partial charge in [0.05, 0.1) is 17.9 Å². The van der Waals surface area contributed by atoms with Gasteiger partial charge >= 0.3 is 0 Å². The first-order valence-corrected chi connectivity index (χ1v) is 4.41. The van der Waals surface area contributed by atoms with Crippen molar-refractivity contribution in [3.05, 3.63) is 36.0 Å². The molecule has 0 spiro atoms. The number of nitrogens with one attached hydrogen (secondary N) is 1. The second-order valence-corrected chi connectivity index (χ2v) is 3.03. The van der Waals surface area contributed by atoms with E-state index in [4.69, 9.17) is 5.73 Å². The first-order chi connectivity index (χ1) is 7.68. The van der Waals surface area contributed by atoms with Crippen LogP contribution in [0.3, 0.4) is 0 Å². The first kappa shape index (κ1) is 10.3. The van der Waals surface area contributed by atoms with Crippen LogP contribution in [0, 0.1) is 11.6 Å². The topological polar surface area (TPSA) is 77.0 Å². The number of halogens is 2. The Morgan fingerprint density at radius 2 is 2.19 bits per heavy atom. The molecule has 16 heavy (non-hydrogen) atoms. The van der Waals surface area contributed by atoms with Crippen molar-refractivity contribution >= 4 is 11.4 Å². The maximum absolute atomic E-state index is 13.3. The zero-order chi connectivity index (χ0) is 11.5. The summed E-state index contributed by atoms with van der Waals surface area (Å²) in [5.74, 6) is -1.67. The van der Waals surface area contributed by atoms with Gasteiger partial charge in [0, 0.05) is 0 Å². The van der Waals surface area contributed by atoms with Crippen molar-refractivity contribution in [3.63, 3.8) is 0 Å². The van der Waals surface area contributed by atoms with Crippen molar-refractivity contribution in [2.75, 3.05) is 11.1 Å². The Kier molecular flexibility index (Phi) is 2.67. The van der Waals surface area contributed by atoms with E-state index in [1.807, 2.05) is 0 Å². The highest BCUT2D eigenvalue weighted by Crippen LogP contribution is 2.24. The number of benzene rings is 1. The van der Waals surface area contributed by atoms with Crippen LogP contribution in [-0.2, 0) is 6.54 Å². The Bertz CT molecular complexity index is 487. The Labute approximate surface area is 89.3 Å². The van der Waals surface area contributed by atoms with E-state index in [-0.39, 0.29) is 17.9 Å². The summed E-state index contributed by atoms with van der Waals surface area (Å²) in [5, 5.41) is 6.11. The summed E-state index contributed by atoms with van der Waals surface area (Å²) in [6.07, 6.45) is 1.14. The smallest absolute Gasteiger partial charge is 0.213 e. The number of aromatic nitrogens is 2. The lowest BCUT2D eigenvalue weighted by Crippen LogP contribution is -2.07. The van der Waals surface area contributed by atoms with Crippen molar-refractivity contribution in [2.24, 2.45) is 0 Å².